The van der Waals surface area contributed by atoms with Gasteiger partial charge in [0.05, 0.1) is 5.69 Å². The highest BCUT2D eigenvalue weighted by Crippen LogP contribution is 2.12. The van der Waals surface area contributed by atoms with E-state index in [1.165, 1.54) is 25.0 Å². The monoisotopic (exact) mass is 251 g/mol. The molecule has 1 N–H and O–H groups in total. The van der Waals surface area contributed by atoms with Gasteiger partial charge in [-0.05, 0) is 51.1 Å². The van der Waals surface area contributed by atoms with Crippen LogP contribution in [0, 0.1) is 12.8 Å². The molecular weight excluding hydrogens is 222 g/mol. The molecule has 0 saturated heterocycles. The fraction of sp³-hybridized carbons (Fsp3) is 0.800. The zero-order valence-corrected chi connectivity index (χ0v) is 12.7. The van der Waals surface area contributed by atoms with E-state index in [1.807, 2.05) is 11.7 Å². The fourth-order valence-electron chi connectivity index (χ4n) is 2.44. The average molecular weight is 251 g/mol. The molecule has 0 aliphatic rings. The summed E-state index contributed by atoms with van der Waals surface area (Å²) in [5.41, 5.74) is 2.47. The van der Waals surface area contributed by atoms with Gasteiger partial charge in [-0.25, -0.2) is 0 Å². The molecule has 0 radical (unpaired) electrons. The summed E-state index contributed by atoms with van der Waals surface area (Å²) in [6.45, 7) is 10.0. The molecule has 0 amide bonds. The lowest BCUT2D eigenvalue weighted by Crippen LogP contribution is -2.31. The molecule has 1 aromatic rings. The Hall–Kier alpha value is -0.830. The number of nitrogens with zero attached hydrogens (tertiary/aromatic N) is 2. The Morgan fingerprint density at radius 2 is 2.11 bits per heavy atom. The molecule has 3 heteroatoms. The van der Waals surface area contributed by atoms with Crippen LogP contribution in [0.2, 0.25) is 0 Å². The van der Waals surface area contributed by atoms with Gasteiger partial charge in [0.15, 0.2) is 0 Å². The lowest BCUT2D eigenvalue weighted by molar-refractivity contribution is 0.396. The van der Waals surface area contributed by atoms with Crippen LogP contribution in [0.1, 0.15) is 51.4 Å². The molecule has 1 atom stereocenters. The highest BCUT2D eigenvalue weighted by Gasteiger charge is 2.11. The maximum atomic E-state index is 4.41. The second-order valence-electron chi connectivity index (χ2n) is 5.72. The lowest BCUT2D eigenvalue weighted by atomic mass is 9.98. The van der Waals surface area contributed by atoms with Crippen LogP contribution in [0.5, 0.6) is 0 Å². The molecule has 0 aromatic carbocycles. The van der Waals surface area contributed by atoms with Crippen molar-refractivity contribution >= 4 is 0 Å². The summed E-state index contributed by atoms with van der Waals surface area (Å²) in [5.74, 6) is 0.757. The van der Waals surface area contributed by atoms with Crippen molar-refractivity contribution in [2.75, 3.05) is 6.54 Å². The Kier molecular flexibility index (Phi) is 6.41. The first kappa shape index (κ1) is 15.2. The zero-order chi connectivity index (χ0) is 13.5. The maximum absolute atomic E-state index is 4.41. The van der Waals surface area contributed by atoms with Gasteiger partial charge in [0, 0.05) is 18.8 Å². The third-order valence-electron chi connectivity index (χ3n) is 3.29. The van der Waals surface area contributed by atoms with E-state index in [9.17, 15) is 0 Å². The van der Waals surface area contributed by atoms with Gasteiger partial charge in [-0.1, -0.05) is 20.8 Å². The first-order chi connectivity index (χ1) is 8.52. The third-order valence-corrected chi connectivity index (χ3v) is 3.29. The lowest BCUT2D eigenvalue weighted by Gasteiger charge is -2.20. The summed E-state index contributed by atoms with van der Waals surface area (Å²) in [6, 6.07) is 2.84. The highest BCUT2D eigenvalue weighted by molar-refractivity contribution is 5.08. The van der Waals surface area contributed by atoms with Gasteiger partial charge in [-0.3, -0.25) is 4.68 Å². The summed E-state index contributed by atoms with van der Waals surface area (Å²) >= 11 is 0. The van der Waals surface area contributed by atoms with Gasteiger partial charge in [0.2, 0.25) is 0 Å². The second kappa shape index (κ2) is 7.57. The Labute approximate surface area is 112 Å². The van der Waals surface area contributed by atoms with Crippen molar-refractivity contribution in [3.05, 3.63) is 17.5 Å². The van der Waals surface area contributed by atoms with Crippen molar-refractivity contribution in [3.8, 4) is 0 Å². The molecule has 1 heterocycles. The molecule has 0 aliphatic heterocycles. The van der Waals surface area contributed by atoms with Gasteiger partial charge < -0.3 is 5.32 Å². The Bertz CT molecular complexity index is 342. The Morgan fingerprint density at radius 1 is 1.39 bits per heavy atom. The van der Waals surface area contributed by atoms with Crippen LogP contribution in [-0.4, -0.2) is 22.4 Å². The molecule has 18 heavy (non-hydrogen) atoms. The number of aromatic nitrogens is 2. The van der Waals surface area contributed by atoms with E-state index < -0.39 is 0 Å². The minimum atomic E-state index is 0.639. The summed E-state index contributed by atoms with van der Waals surface area (Å²) in [7, 11) is 2.04. The normalized spacial score (nSPS) is 13.2. The fourth-order valence-corrected chi connectivity index (χ4v) is 2.44. The molecule has 1 aromatic heterocycles. The summed E-state index contributed by atoms with van der Waals surface area (Å²) in [5, 5.41) is 8.08. The predicted molar refractivity (Wildman–Crippen MR) is 77.8 cm³/mol. The molecular formula is C15H29N3. The van der Waals surface area contributed by atoms with Crippen LogP contribution in [0.15, 0.2) is 6.07 Å². The summed E-state index contributed by atoms with van der Waals surface area (Å²) < 4.78 is 2.02. The van der Waals surface area contributed by atoms with Crippen LogP contribution >= 0.6 is 0 Å². The van der Waals surface area contributed by atoms with Gasteiger partial charge >= 0.3 is 0 Å². The van der Waals surface area contributed by atoms with E-state index in [-0.39, 0.29) is 0 Å². The van der Waals surface area contributed by atoms with Crippen LogP contribution in [-0.2, 0) is 13.5 Å². The minimum Gasteiger partial charge on any atom is -0.314 e. The summed E-state index contributed by atoms with van der Waals surface area (Å²) in [4.78, 5) is 0. The number of hydrogen-bond acceptors (Lipinski definition) is 2. The van der Waals surface area contributed by atoms with Gasteiger partial charge in [-0.15, -0.1) is 0 Å². The van der Waals surface area contributed by atoms with E-state index in [0.29, 0.717) is 6.04 Å². The van der Waals surface area contributed by atoms with E-state index in [2.05, 4.69) is 44.2 Å². The second-order valence-corrected chi connectivity index (χ2v) is 5.72. The Morgan fingerprint density at radius 3 is 2.61 bits per heavy atom. The first-order valence-corrected chi connectivity index (χ1v) is 7.25. The molecule has 0 bridgehead atoms. The number of nitrogens with one attached hydrogen (secondary N) is 1. The molecule has 104 valence electrons. The molecule has 0 spiro atoms. The summed E-state index contributed by atoms with van der Waals surface area (Å²) in [6.07, 6.45) is 4.79. The van der Waals surface area contributed by atoms with Crippen LogP contribution in [0.4, 0.5) is 0 Å². The molecule has 3 nitrogen and oxygen atoms in total. The minimum absolute atomic E-state index is 0.639. The predicted octanol–water partition coefficient (Wildman–Crippen LogP) is 3.08. The molecule has 0 fully saturated rings. The number of hydrogen-bond donors (Lipinski definition) is 1. The molecule has 0 aliphatic carbocycles. The van der Waals surface area contributed by atoms with Gasteiger partial charge in [0.25, 0.3) is 0 Å². The number of rotatable bonds is 8. The van der Waals surface area contributed by atoms with Crippen molar-refractivity contribution < 1.29 is 0 Å². The largest absolute Gasteiger partial charge is 0.314 e. The molecule has 1 rings (SSSR count). The standard InChI is InChI=1S/C15H29N3/c1-6-9-16-14(10-12(2)3)7-8-15-11-13(4)17-18(15)5/h11-12,14,16H,6-10H2,1-5H3. The highest BCUT2D eigenvalue weighted by atomic mass is 15.3. The van der Waals surface area contributed by atoms with E-state index >= 15 is 0 Å². The van der Waals surface area contributed by atoms with Crippen molar-refractivity contribution in [1.29, 1.82) is 0 Å². The zero-order valence-electron chi connectivity index (χ0n) is 12.7. The topological polar surface area (TPSA) is 29.9 Å². The van der Waals surface area contributed by atoms with Crippen molar-refractivity contribution in [3.63, 3.8) is 0 Å². The van der Waals surface area contributed by atoms with Crippen molar-refractivity contribution in [1.82, 2.24) is 15.1 Å². The van der Waals surface area contributed by atoms with Crippen molar-refractivity contribution in [2.24, 2.45) is 13.0 Å². The Balaban J connectivity index is 2.47. The van der Waals surface area contributed by atoms with Gasteiger partial charge in [0.1, 0.15) is 0 Å². The van der Waals surface area contributed by atoms with Gasteiger partial charge in [-0.2, -0.15) is 5.10 Å². The first-order valence-electron chi connectivity index (χ1n) is 7.25. The molecule has 1 unspecified atom stereocenters. The van der Waals surface area contributed by atoms with E-state index in [4.69, 9.17) is 0 Å². The van der Waals surface area contributed by atoms with E-state index in [1.54, 1.807) is 0 Å². The van der Waals surface area contributed by atoms with Crippen molar-refractivity contribution in [2.45, 2.75) is 59.4 Å². The van der Waals surface area contributed by atoms with Crippen LogP contribution in [0.25, 0.3) is 0 Å². The molecule has 0 saturated carbocycles. The van der Waals surface area contributed by atoms with Crippen LogP contribution < -0.4 is 5.32 Å². The number of aryl methyl sites for hydroxylation is 3. The maximum Gasteiger partial charge on any atom is 0.0596 e. The smallest absolute Gasteiger partial charge is 0.0596 e. The average Bonchev–Trinajstić information content (AvgIpc) is 2.60. The van der Waals surface area contributed by atoms with E-state index in [0.717, 1.165) is 24.6 Å². The SMILES string of the molecule is CCCNC(CCc1cc(C)nn1C)CC(C)C. The van der Waals surface area contributed by atoms with Crippen LogP contribution in [0.3, 0.4) is 0 Å². The third kappa shape index (κ3) is 5.21. The quantitative estimate of drug-likeness (QED) is 0.769.